The number of hydrogen-bond donors (Lipinski definition) is 0. The SMILES string of the molecule is COCCOCC1(CBr)CCC1. The fourth-order valence-electron chi connectivity index (χ4n) is 1.42. The van der Waals surface area contributed by atoms with Crippen molar-refractivity contribution in [2.24, 2.45) is 5.41 Å². The Kier molecular flexibility index (Phi) is 4.54. The van der Waals surface area contributed by atoms with Crippen molar-refractivity contribution in [2.75, 3.05) is 32.3 Å². The van der Waals surface area contributed by atoms with Gasteiger partial charge in [-0.25, -0.2) is 0 Å². The molecule has 1 saturated carbocycles. The molecule has 0 heterocycles. The number of halogens is 1. The van der Waals surface area contributed by atoms with Gasteiger partial charge in [-0.2, -0.15) is 0 Å². The molecule has 2 nitrogen and oxygen atoms in total. The van der Waals surface area contributed by atoms with Crippen LogP contribution in [0.2, 0.25) is 0 Å². The molecule has 1 fully saturated rings. The standard InChI is InChI=1S/C9H17BrO2/c1-11-5-6-12-8-9(7-10)3-2-4-9/h2-8H2,1H3. The summed E-state index contributed by atoms with van der Waals surface area (Å²) in [5, 5.41) is 1.08. The van der Waals surface area contributed by atoms with Crippen LogP contribution in [-0.4, -0.2) is 32.3 Å². The van der Waals surface area contributed by atoms with Crippen molar-refractivity contribution in [1.82, 2.24) is 0 Å². The molecular weight excluding hydrogens is 220 g/mol. The smallest absolute Gasteiger partial charge is 0.0700 e. The first-order valence-electron chi connectivity index (χ1n) is 4.46. The number of hydrogen-bond acceptors (Lipinski definition) is 2. The van der Waals surface area contributed by atoms with Gasteiger partial charge in [-0.05, 0) is 12.8 Å². The molecule has 0 aromatic rings. The fourth-order valence-corrected chi connectivity index (χ4v) is 2.15. The molecule has 0 N–H and O–H groups in total. The molecule has 0 radical (unpaired) electrons. The molecule has 0 aromatic heterocycles. The van der Waals surface area contributed by atoms with Gasteiger partial charge >= 0.3 is 0 Å². The predicted molar refractivity (Wildman–Crippen MR) is 52.8 cm³/mol. The maximum atomic E-state index is 5.52. The molecule has 12 heavy (non-hydrogen) atoms. The Morgan fingerprint density at radius 3 is 2.50 bits per heavy atom. The molecule has 0 amide bonds. The van der Waals surface area contributed by atoms with E-state index in [1.54, 1.807) is 7.11 Å². The van der Waals surface area contributed by atoms with Crippen molar-refractivity contribution in [2.45, 2.75) is 19.3 Å². The lowest BCUT2D eigenvalue weighted by molar-refractivity contribution is -0.00838. The summed E-state index contributed by atoms with van der Waals surface area (Å²) < 4.78 is 10.4. The van der Waals surface area contributed by atoms with Crippen LogP contribution in [0.25, 0.3) is 0 Å². The first-order chi connectivity index (χ1) is 5.83. The molecule has 0 unspecified atom stereocenters. The molecule has 0 spiro atoms. The van der Waals surface area contributed by atoms with Crippen LogP contribution >= 0.6 is 15.9 Å². The molecule has 0 saturated heterocycles. The van der Waals surface area contributed by atoms with Crippen LogP contribution in [0.15, 0.2) is 0 Å². The van der Waals surface area contributed by atoms with E-state index >= 15 is 0 Å². The minimum absolute atomic E-state index is 0.452. The minimum Gasteiger partial charge on any atom is -0.382 e. The van der Waals surface area contributed by atoms with Crippen LogP contribution in [0.5, 0.6) is 0 Å². The Morgan fingerprint density at radius 1 is 1.33 bits per heavy atom. The third-order valence-electron chi connectivity index (χ3n) is 2.54. The maximum Gasteiger partial charge on any atom is 0.0700 e. The third kappa shape index (κ3) is 2.71. The van der Waals surface area contributed by atoms with E-state index in [1.165, 1.54) is 19.3 Å². The fraction of sp³-hybridized carbons (Fsp3) is 1.00. The zero-order valence-electron chi connectivity index (χ0n) is 7.64. The molecule has 3 heteroatoms. The highest BCUT2D eigenvalue weighted by atomic mass is 79.9. The number of methoxy groups -OCH3 is 1. The van der Waals surface area contributed by atoms with E-state index in [0.717, 1.165) is 18.5 Å². The Labute approximate surface area is 82.7 Å². The highest BCUT2D eigenvalue weighted by molar-refractivity contribution is 9.09. The monoisotopic (exact) mass is 236 g/mol. The molecule has 0 aromatic carbocycles. The molecule has 72 valence electrons. The van der Waals surface area contributed by atoms with Gasteiger partial charge in [-0.3, -0.25) is 0 Å². The Balaban J connectivity index is 2.04. The van der Waals surface area contributed by atoms with E-state index in [4.69, 9.17) is 9.47 Å². The summed E-state index contributed by atoms with van der Waals surface area (Å²) >= 11 is 3.54. The van der Waals surface area contributed by atoms with E-state index in [0.29, 0.717) is 12.0 Å². The summed E-state index contributed by atoms with van der Waals surface area (Å²) in [6.07, 6.45) is 3.98. The van der Waals surface area contributed by atoms with Gasteiger partial charge in [0.25, 0.3) is 0 Å². The first kappa shape index (κ1) is 10.5. The van der Waals surface area contributed by atoms with Crippen LogP contribution in [0.1, 0.15) is 19.3 Å². The van der Waals surface area contributed by atoms with E-state index in [-0.39, 0.29) is 0 Å². The van der Waals surface area contributed by atoms with Crippen LogP contribution in [0.3, 0.4) is 0 Å². The zero-order valence-corrected chi connectivity index (χ0v) is 9.23. The van der Waals surface area contributed by atoms with E-state index in [1.807, 2.05) is 0 Å². The lowest BCUT2D eigenvalue weighted by Gasteiger charge is -2.40. The Hall–Kier alpha value is 0.400. The largest absolute Gasteiger partial charge is 0.382 e. The highest BCUT2D eigenvalue weighted by Crippen LogP contribution is 2.42. The van der Waals surface area contributed by atoms with Gasteiger partial charge < -0.3 is 9.47 Å². The average Bonchev–Trinajstić information content (AvgIpc) is 2.02. The quantitative estimate of drug-likeness (QED) is 0.521. The molecule has 1 aliphatic carbocycles. The average molecular weight is 237 g/mol. The summed E-state index contributed by atoms with van der Waals surface area (Å²) in [7, 11) is 1.70. The van der Waals surface area contributed by atoms with E-state index in [9.17, 15) is 0 Å². The molecular formula is C9H17BrO2. The highest BCUT2D eigenvalue weighted by Gasteiger charge is 2.35. The van der Waals surface area contributed by atoms with Crippen molar-refractivity contribution in [3.05, 3.63) is 0 Å². The van der Waals surface area contributed by atoms with Crippen LogP contribution in [0.4, 0.5) is 0 Å². The molecule has 1 aliphatic rings. The molecule has 1 rings (SSSR count). The Morgan fingerprint density at radius 2 is 2.08 bits per heavy atom. The van der Waals surface area contributed by atoms with Crippen LogP contribution < -0.4 is 0 Å². The summed E-state index contributed by atoms with van der Waals surface area (Å²) in [5.41, 5.74) is 0.452. The van der Waals surface area contributed by atoms with Crippen molar-refractivity contribution >= 4 is 15.9 Å². The molecule has 0 atom stereocenters. The zero-order chi connectivity index (χ0) is 8.86. The van der Waals surface area contributed by atoms with Gasteiger partial charge in [0.1, 0.15) is 0 Å². The topological polar surface area (TPSA) is 18.5 Å². The predicted octanol–water partition coefficient (Wildman–Crippen LogP) is 2.21. The normalized spacial score (nSPS) is 20.5. The molecule has 0 bridgehead atoms. The van der Waals surface area contributed by atoms with Crippen LogP contribution in [0, 0.1) is 5.41 Å². The van der Waals surface area contributed by atoms with Gasteiger partial charge in [-0.1, -0.05) is 22.4 Å². The summed E-state index contributed by atoms with van der Waals surface area (Å²) in [5.74, 6) is 0. The minimum atomic E-state index is 0.452. The van der Waals surface area contributed by atoms with Gasteiger partial charge in [0, 0.05) is 17.9 Å². The van der Waals surface area contributed by atoms with Gasteiger partial charge in [-0.15, -0.1) is 0 Å². The van der Waals surface area contributed by atoms with Gasteiger partial charge in [0.05, 0.1) is 19.8 Å². The van der Waals surface area contributed by atoms with Gasteiger partial charge in [0.2, 0.25) is 0 Å². The second-order valence-electron chi connectivity index (χ2n) is 3.53. The summed E-state index contributed by atoms with van der Waals surface area (Å²) in [6, 6.07) is 0. The summed E-state index contributed by atoms with van der Waals surface area (Å²) in [4.78, 5) is 0. The van der Waals surface area contributed by atoms with Crippen LogP contribution in [-0.2, 0) is 9.47 Å². The number of alkyl halides is 1. The summed E-state index contributed by atoms with van der Waals surface area (Å²) in [6.45, 7) is 2.32. The molecule has 0 aliphatic heterocycles. The maximum absolute atomic E-state index is 5.52. The van der Waals surface area contributed by atoms with Crippen molar-refractivity contribution in [1.29, 1.82) is 0 Å². The third-order valence-corrected chi connectivity index (χ3v) is 3.73. The lowest BCUT2D eigenvalue weighted by atomic mass is 9.71. The Bertz CT molecular complexity index is 118. The first-order valence-corrected chi connectivity index (χ1v) is 5.58. The van der Waals surface area contributed by atoms with Crippen molar-refractivity contribution in [3.8, 4) is 0 Å². The van der Waals surface area contributed by atoms with E-state index in [2.05, 4.69) is 15.9 Å². The van der Waals surface area contributed by atoms with Gasteiger partial charge in [0.15, 0.2) is 0 Å². The van der Waals surface area contributed by atoms with E-state index < -0.39 is 0 Å². The second kappa shape index (κ2) is 5.20. The second-order valence-corrected chi connectivity index (χ2v) is 4.09. The van der Waals surface area contributed by atoms with Crippen molar-refractivity contribution in [3.63, 3.8) is 0 Å². The van der Waals surface area contributed by atoms with Crippen molar-refractivity contribution < 1.29 is 9.47 Å². The number of rotatable bonds is 6. The number of ether oxygens (including phenoxy) is 2. The lowest BCUT2D eigenvalue weighted by Crippen LogP contribution is -2.36.